The Hall–Kier alpha value is -1.43. The lowest BCUT2D eigenvalue weighted by Crippen LogP contribution is -2.57. The van der Waals surface area contributed by atoms with Crippen molar-refractivity contribution in [1.29, 1.82) is 0 Å². The Balaban J connectivity index is 1.55. The molecule has 3 fully saturated rings. The van der Waals surface area contributed by atoms with Crippen LogP contribution in [-0.4, -0.2) is 66.1 Å². The molecule has 4 unspecified atom stereocenters. The van der Waals surface area contributed by atoms with E-state index in [2.05, 4.69) is 48.0 Å². The summed E-state index contributed by atoms with van der Waals surface area (Å²) in [7, 11) is 0. The first-order valence-corrected chi connectivity index (χ1v) is 9.37. The summed E-state index contributed by atoms with van der Waals surface area (Å²) in [6.45, 7) is 11.7. The van der Waals surface area contributed by atoms with Crippen LogP contribution in [0.2, 0.25) is 0 Å². The molecule has 5 heteroatoms. The van der Waals surface area contributed by atoms with E-state index in [-0.39, 0.29) is 23.9 Å². The van der Waals surface area contributed by atoms with Crippen molar-refractivity contribution in [3.63, 3.8) is 0 Å². The Morgan fingerprint density at radius 3 is 2.60 bits per heavy atom. The van der Waals surface area contributed by atoms with Gasteiger partial charge in [0, 0.05) is 32.7 Å². The Morgan fingerprint density at radius 1 is 1.20 bits per heavy atom. The number of nitrogens with one attached hydrogen (secondary N) is 1. The molecule has 2 N–H and O–H groups in total. The highest BCUT2D eigenvalue weighted by Crippen LogP contribution is 2.24. The number of aliphatic hydroxyl groups excluding tert-OH is 1. The van der Waals surface area contributed by atoms with Gasteiger partial charge in [-0.15, -0.1) is 0 Å². The molecule has 2 bridgehead atoms. The number of rotatable bonds is 4. The zero-order valence-electron chi connectivity index (χ0n) is 15.7. The Labute approximate surface area is 151 Å². The first kappa shape index (κ1) is 18.4. The highest BCUT2D eigenvalue weighted by molar-refractivity contribution is 5.82. The zero-order chi connectivity index (χ0) is 18.0. The van der Waals surface area contributed by atoms with Gasteiger partial charge in [-0.05, 0) is 29.5 Å². The van der Waals surface area contributed by atoms with Gasteiger partial charge >= 0.3 is 0 Å². The quantitative estimate of drug-likeness (QED) is 0.869. The SMILES string of the molecule is CC(C)(C)c1ccc(C(O)CNC(=O)C2CN3CCCN2CC3)cc1. The average Bonchev–Trinajstić information content (AvgIpc) is 2.94. The van der Waals surface area contributed by atoms with Crippen LogP contribution in [0.3, 0.4) is 0 Å². The van der Waals surface area contributed by atoms with Gasteiger partial charge in [-0.3, -0.25) is 14.6 Å². The van der Waals surface area contributed by atoms with E-state index in [1.54, 1.807) is 0 Å². The molecule has 3 aliphatic heterocycles. The van der Waals surface area contributed by atoms with E-state index < -0.39 is 6.10 Å². The molecule has 1 amide bonds. The van der Waals surface area contributed by atoms with Crippen LogP contribution >= 0.6 is 0 Å². The van der Waals surface area contributed by atoms with Crippen LogP contribution < -0.4 is 5.32 Å². The van der Waals surface area contributed by atoms with Crippen molar-refractivity contribution in [2.24, 2.45) is 0 Å². The minimum atomic E-state index is -0.670. The number of nitrogens with zero attached hydrogens (tertiary/aromatic N) is 2. The lowest BCUT2D eigenvalue weighted by atomic mass is 9.86. The summed E-state index contributed by atoms with van der Waals surface area (Å²) in [5.41, 5.74) is 2.18. The fourth-order valence-corrected chi connectivity index (χ4v) is 3.73. The van der Waals surface area contributed by atoms with E-state index in [1.165, 1.54) is 5.56 Å². The first-order valence-electron chi connectivity index (χ1n) is 9.37. The van der Waals surface area contributed by atoms with Gasteiger partial charge in [-0.2, -0.15) is 0 Å². The van der Waals surface area contributed by atoms with Gasteiger partial charge in [-0.25, -0.2) is 0 Å². The molecule has 4 atom stereocenters. The maximum absolute atomic E-state index is 12.6. The van der Waals surface area contributed by atoms with Gasteiger partial charge in [0.1, 0.15) is 6.04 Å². The van der Waals surface area contributed by atoms with E-state index in [9.17, 15) is 9.90 Å². The summed E-state index contributed by atoms with van der Waals surface area (Å²) in [4.78, 5) is 17.2. The topological polar surface area (TPSA) is 55.8 Å². The average molecular weight is 345 g/mol. The van der Waals surface area contributed by atoms with Crippen LogP contribution in [-0.2, 0) is 10.2 Å². The standard InChI is InChI=1S/C20H31N3O2/c1-20(2,3)16-7-5-15(6-8-16)18(24)13-21-19(25)17-14-22-9-4-10-23(17)12-11-22/h5-8,17-18,24H,4,9-14H2,1-3H3,(H,21,25). The second-order valence-corrected chi connectivity index (χ2v) is 8.34. The highest BCUT2D eigenvalue weighted by Gasteiger charge is 2.34. The van der Waals surface area contributed by atoms with Gasteiger partial charge in [-0.1, -0.05) is 45.0 Å². The summed E-state index contributed by atoms with van der Waals surface area (Å²) in [5, 5.41) is 13.4. The number of hydrogen-bond donors (Lipinski definition) is 2. The van der Waals surface area contributed by atoms with Crippen molar-refractivity contribution in [2.75, 3.05) is 39.3 Å². The normalized spacial score (nSPS) is 27.6. The fraction of sp³-hybridized carbons (Fsp3) is 0.650. The molecule has 0 aromatic heterocycles. The molecule has 0 aliphatic carbocycles. The molecule has 138 valence electrons. The number of carbonyl (C=O) groups excluding carboxylic acids is 1. The highest BCUT2D eigenvalue weighted by atomic mass is 16.3. The van der Waals surface area contributed by atoms with E-state index >= 15 is 0 Å². The van der Waals surface area contributed by atoms with E-state index in [0.717, 1.165) is 44.7 Å². The molecular weight excluding hydrogens is 314 g/mol. The van der Waals surface area contributed by atoms with Crippen LogP contribution in [0.15, 0.2) is 24.3 Å². The van der Waals surface area contributed by atoms with Crippen LogP contribution in [0.5, 0.6) is 0 Å². The van der Waals surface area contributed by atoms with Gasteiger partial charge in [0.25, 0.3) is 0 Å². The van der Waals surface area contributed by atoms with Crippen molar-refractivity contribution in [3.05, 3.63) is 35.4 Å². The van der Waals surface area contributed by atoms with Crippen molar-refractivity contribution < 1.29 is 9.90 Å². The maximum Gasteiger partial charge on any atom is 0.238 e. The second-order valence-electron chi connectivity index (χ2n) is 8.34. The third-order valence-corrected chi connectivity index (χ3v) is 5.43. The molecule has 5 nitrogen and oxygen atoms in total. The molecule has 0 saturated carbocycles. The lowest BCUT2D eigenvalue weighted by Gasteiger charge is -2.36. The molecule has 0 spiro atoms. The first-order chi connectivity index (χ1) is 11.8. The molecule has 4 rings (SSSR count). The minimum absolute atomic E-state index is 0.0389. The van der Waals surface area contributed by atoms with Gasteiger partial charge in [0.05, 0.1) is 6.10 Å². The molecule has 3 saturated heterocycles. The number of aliphatic hydroxyl groups is 1. The number of piperazine rings is 1. The summed E-state index contributed by atoms with van der Waals surface area (Å²) in [6.07, 6.45) is 0.461. The van der Waals surface area contributed by atoms with Crippen LogP contribution in [0, 0.1) is 0 Å². The number of hydrogen-bond acceptors (Lipinski definition) is 4. The largest absolute Gasteiger partial charge is 0.387 e. The maximum atomic E-state index is 12.6. The number of fused-ring (bicyclic) bond motifs is 4. The molecule has 25 heavy (non-hydrogen) atoms. The molecule has 1 aromatic rings. The predicted octanol–water partition coefficient (Wildman–Crippen LogP) is 1.52. The number of benzene rings is 1. The van der Waals surface area contributed by atoms with Crippen molar-refractivity contribution >= 4 is 5.91 Å². The van der Waals surface area contributed by atoms with Crippen LogP contribution in [0.25, 0.3) is 0 Å². The third kappa shape index (κ3) is 4.40. The summed E-state index contributed by atoms with van der Waals surface area (Å²) >= 11 is 0. The zero-order valence-corrected chi connectivity index (χ0v) is 15.7. The summed E-state index contributed by atoms with van der Waals surface area (Å²) < 4.78 is 0. The summed E-state index contributed by atoms with van der Waals surface area (Å²) in [5.74, 6) is 0.0389. The molecule has 0 radical (unpaired) electrons. The minimum Gasteiger partial charge on any atom is -0.387 e. The Kier molecular flexibility index (Phi) is 5.46. The van der Waals surface area contributed by atoms with Crippen molar-refractivity contribution in [1.82, 2.24) is 15.1 Å². The van der Waals surface area contributed by atoms with Crippen molar-refractivity contribution in [3.8, 4) is 0 Å². The predicted molar refractivity (Wildman–Crippen MR) is 99.5 cm³/mol. The van der Waals surface area contributed by atoms with E-state index in [0.29, 0.717) is 0 Å². The second kappa shape index (κ2) is 7.44. The van der Waals surface area contributed by atoms with Gasteiger partial charge < -0.3 is 10.4 Å². The number of carbonyl (C=O) groups is 1. The van der Waals surface area contributed by atoms with Crippen molar-refractivity contribution in [2.45, 2.75) is 44.8 Å². The number of amides is 1. The third-order valence-electron chi connectivity index (χ3n) is 5.43. The van der Waals surface area contributed by atoms with Gasteiger partial charge in [0.15, 0.2) is 0 Å². The molecule has 1 aromatic carbocycles. The van der Waals surface area contributed by atoms with Gasteiger partial charge in [0.2, 0.25) is 5.91 Å². The Bertz CT molecular complexity index is 590. The summed E-state index contributed by atoms with van der Waals surface area (Å²) in [6, 6.07) is 7.96. The van der Waals surface area contributed by atoms with Crippen LogP contribution in [0.4, 0.5) is 0 Å². The lowest BCUT2D eigenvalue weighted by molar-refractivity contribution is -0.128. The molecule has 3 heterocycles. The van der Waals surface area contributed by atoms with E-state index in [1.807, 2.05) is 12.1 Å². The fourth-order valence-electron chi connectivity index (χ4n) is 3.73. The Morgan fingerprint density at radius 2 is 1.92 bits per heavy atom. The van der Waals surface area contributed by atoms with E-state index in [4.69, 9.17) is 0 Å². The molecular formula is C20H31N3O2. The molecule has 3 aliphatic rings. The monoisotopic (exact) mass is 345 g/mol. The van der Waals surface area contributed by atoms with Crippen LogP contribution in [0.1, 0.15) is 44.4 Å². The smallest absolute Gasteiger partial charge is 0.238 e.